The number of nitrogens with zero attached hydrogens (tertiary/aromatic N) is 2. The lowest BCUT2D eigenvalue weighted by Gasteiger charge is -2.36. The van der Waals surface area contributed by atoms with Crippen molar-refractivity contribution >= 4 is 11.7 Å². The van der Waals surface area contributed by atoms with Crippen molar-refractivity contribution in [2.45, 2.75) is 45.6 Å². The molecule has 4 nitrogen and oxygen atoms in total. The Labute approximate surface area is 104 Å². The predicted octanol–water partition coefficient (Wildman–Crippen LogP) is 1.30. The molecule has 0 spiro atoms. The number of hydrogen-bond donors (Lipinski definition) is 0. The number of ketones is 1. The second-order valence-electron chi connectivity index (χ2n) is 4.96. The van der Waals surface area contributed by atoms with Gasteiger partial charge in [0, 0.05) is 26.2 Å². The molecule has 0 saturated carbocycles. The van der Waals surface area contributed by atoms with E-state index in [4.69, 9.17) is 0 Å². The van der Waals surface area contributed by atoms with Crippen molar-refractivity contribution in [2.75, 3.05) is 26.7 Å². The van der Waals surface area contributed by atoms with Gasteiger partial charge in [-0.15, -0.1) is 0 Å². The first-order valence-corrected chi connectivity index (χ1v) is 6.52. The van der Waals surface area contributed by atoms with Gasteiger partial charge in [-0.05, 0) is 32.7 Å². The van der Waals surface area contributed by atoms with Crippen molar-refractivity contribution in [3.05, 3.63) is 0 Å². The van der Waals surface area contributed by atoms with Gasteiger partial charge in [0.15, 0.2) is 0 Å². The Hall–Kier alpha value is -0.900. The Morgan fingerprint density at radius 3 is 2.35 bits per heavy atom. The average Bonchev–Trinajstić information content (AvgIpc) is 2.28. The Balaban J connectivity index is 2.37. The Morgan fingerprint density at radius 1 is 1.29 bits per heavy atom. The van der Waals surface area contributed by atoms with Crippen LogP contribution in [0.3, 0.4) is 0 Å². The molecule has 0 bridgehead atoms. The van der Waals surface area contributed by atoms with E-state index < -0.39 is 0 Å². The van der Waals surface area contributed by atoms with Crippen LogP contribution < -0.4 is 0 Å². The Morgan fingerprint density at radius 2 is 1.88 bits per heavy atom. The lowest BCUT2D eigenvalue weighted by atomic mass is 10.0. The van der Waals surface area contributed by atoms with E-state index in [2.05, 4.69) is 11.8 Å². The number of carbonyl (C=O) groups excluding carboxylic acids is 2. The predicted molar refractivity (Wildman–Crippen MR) is 67.8 cm³/mol. The number of piperidine rings is 1. The van der Waals surface area contributed by atoms with Gasteiger partial charge in [-0.3, -0.25) is 9.59 Å². The fourth-order valence-corrected chi connectivity index (χ4v) is 2.39. The van der Waals surface area contributed by atoms with E-state index in [0.29, 0.717) is 6.04 Å². The van der Waals surface area contributed by atoms with Gasteiger partial charge in [-0.2, -0.15) is 0 Å². The van der Waals surface area contributed by atoms with Crippen LogP contribution in [0.15, 0.2) is 0 Å². The monoisotopic (exact) mass is 240 g/mol. The third-order valence-electron chi connectivity index (χ3n) is 3.44. The number of rotatable bonds is 5. The SMILES string of the molecule is CCCN1CCC(N(C)C(=O)CC(C)=O)CC1. The summed E-state index contributed by atoms with van der Waals surface area (Å²) in [7, 11) is 1.82. The van der Waals surface area contributed by atoms with Crippen LogP contribution in [0.25, 0.3) is 0 Å². The van der Waals surface area contributed by atoms with E-state index in [0.717, 1.165) is 32.5 Å². The smallest absolute Gasteiger partial charge is 0.229 e. The van der Waals surface area contributed by atoms with Crippen LogP contribution in [0.2, 0.25) is 0 Å². The van der Waals surface area contributed by atoms with Crippen LogP contribution in [0.1, 0.15) is 39.5 Å². The summed E-state index contributed by atoms with van der Waals surface area (Å²) in [5.74, 6) is -0.0864. The molecule has 1 fully saturated rings. The molecule has 17 heavy (non-hydrogen) atoms. The first-order chi connectivity index (χ1) is 8.04. The van der Waals surface area contributed by atoms with Gasteiger partial charge in [0.25, 0.3) is 0 Å². The van der Waals surface area contributed by atoms with Crippen molar-refractivity contribution < 1.29 is 9.59 Å². The van der Waals surface area contributed by atoms with E-state index in [-0.39, 0.29) is 18.1 Å². The largest absolute Gasteiger partial charge is 0.342 e. The molecular weight excluding hydrogens is 216 g/mol. The van der Waals surface area contributed by atoms with E-state index in [1.54, 1.807) is 4.90 Å². The lowest BCUT2D eigenvalue weighted by molar-refractivity contribution is -0.136. The molecule has 1 saturated heterocycles. The van der Waals surface area contributed by atoms with Gasteiger partial charge in [0.1, 0.15) is 5.78 Å². The normalized spacial score (nSPS) is 18.1. The van der Waals surface area contributed by atoms with E-state index in [9.17, 15) is 9.59 Å². The number of hydrogen-bond acceptors (Lipinski definition) is 3. The minimum Gasteiger partial charge on any atom is -0.342 e. The second-order valence-corrected chi connectivity index (χ2v) is 4.96. The standard InChI is InChI=1S/C13H24N2O2/c1-4-7-15-8-5-12(6-9-15)14(3)13(17)10-11(2)16/h12H,4-10H2,1-3H3. The van der Waals surface area contributed by atoms with Crippen molar-refractivity contribution in [1.82, 2.24) is 9.80 Å². The van der Waals surface area contributed by atoms with Crippen LogP contribution in [0.4, 0.5) is 0 Å². The topological polar surface area (TPSA) is 40.6 Å². The molecule has 1 heterocycles. The van der Waals surface area contributed by atoms with Crippen LogP contribution in [0, 0.1) is 0 Å². The van der Waals surface area contributed by atoms with Gasteiger partial charge < -0.3 is 9.80 Å². The van der Waals surface area contributed by atoms with Crippen LogP contribution in [-0.4, -0.2) is 54.2 Å². The van der Waals surface area contributed by atoms with Crippen molar-refractivity contribution in [1.29, 1.82) is 0 Å². The highest BCUT2D eigenvalue weighted by Crippen LogP contribution is 2.16. The van der Waals surface area contributed by atoms with Crippen molar-refractivity contribution in [2.24, 2.45) is 0 Å². The summed E-state index contributed by atoms with van der Waals surface area (Å²) >= 11 is 0. The molecule has 4 heteroatoms. The minimum absolute atomic E-state index is 0.0357. The van der Waals surface area contributed by atoms with Gasteiger partial charge in [-0.1, -0.05) is 6.92 Å². The molecule has 0 atom stereocenters. The van der Waals surface area contributed by atoms with E-state index in [1.807, 2.05) is 7.05 Å². The molecule has 0 aromatic heterocycles. The first-order valence-electron chi connectivity index (χ1n) is 6.52. The van der Waals surface area contributed by atoms with Crippen molar-refractivity contribution in [3.63, 3.8) is 0 Å². The van der Waals surface area contributed by atoms with E-state index >= 15 is 0 Å². The number of amides is 1. The maximum Gasteiger partial charge on any atom is 0.229 e. The van der Waals surface area contributed by atoms with Gasteiger partial charge in [-0.25, -0.2) is 0 Å². The second kappa shape index (κ2) is 6.74. The Bertz CT molecular complexity index is 271. The molecule has 0 aromatic carbocycles. The maximum absolute atomic E-state index is 11.8. The summed E-state index contributed by atoms with van der Waals surface area (Å²) in [5, 5.41) is 0. The number of Topliss-reactive ketones (excluding diaryl/α,β-unsaturated/α-hetero) is 1. The molecular formula is C13H24N2O2. The molecule has 98 valence electrons. The molecule has 1 aliphatic rings. The highest BCUT2D eigenvalue weighted by molar-refractivity contribution is 5.96. The summed E-state index contributed by atoms with van der Waals surface area (Å²) < 4.78 is 0. The van der Waals surface area contributed by atoms with Gasteiger partial charge >= 0.3 is 0 Å². The fourth-order valence-electron chi connectivity index (χ4n) is 2.39. The third kappa shape index (κ3) is 4.46. The Kier molecular flexibility index (Phi) is 5.62. The molecule has 1 aliphatic heterocycles. The zero-order valence-corrected chi connectivity index (χ0v) is 11.2. The zero-order chi connectivity index (χ0) is 12.8. The number of likely N-dealkylation sites (tertiary alicyclic amines) is 1. The summed E-state index contributed by atoms with van der Waals surface area (Å²) in [4.78, 5) is 26.9. The molecule has 0 aromatic rings. The maximum atomic E-state index is 11.8. The highest BCUT2D eigenvalue weighted by Gasteiger charge is 2.25. The van der Waals surface area contributed by atoms with Crippen LogP contribution >= 0.6 is 0 Å². The first kappa shape index (κ1) is 14.2. The molecule has 1 rings (SSSR count). The van der Waals surface area contributed by atoms with Gasteiger partial charge in [0.05, 0.1) is 6.42 Å². The molecule has 0 aliphatic carbocycles. The fraction of sp³-hybridized carbons (Fsp3) is 0.846. The molecule has 1 amide bonds. The van der Waals surface area contributed by atoms with Crippen molar-refractivity contribution in [3.8, 4) is 0 Å². The number of carbonyl (C=O) groups is 2. The zero-order valence-electron chi connectivity index (χ0n) is 11.2. The molecule has 0 radical (unpaired) electrons. The lowest BCUT2D eigenvalue weighted by Crippen LogP contribution is -2.46. The van der Waals surface area contributed by atoms with Crippen LogP contribution in [0.5, 0.6) is 0 Å². The quantitative estimate of drug-likeness (QED) is 0.680. The highest BCUT2D eigenvalue weighted by atomic mass is 16.2. The summed E-state index contributed by atoms with van der Waals surface area (Å²) in [5.41, 5.74) is 0. The summed E-state index contributed by atoms with van der Waals surface area (Å²) in [6.07, 6.45) is 3.29. The van der Waals surface area contributed by atoms with E-state index in [1.165, 1.54) is 13.3 Å². The third-order valence-corrected chi connectivity index (χ3v) is 3.44. The summed E-state index contributed by atoms with van der Waals surface area (Å²) in [6.45, 7) is 6.94. The summed E-state index contributed by atoms with van der Waals surface area (Å²) in [6, 6.07) is 0.315. The average molecular weight is 240 g/mol. The molecule has 0 N–H and O–H groups in total. The minimum atomic E-state index is -0.0507. The molecule has 0 unspecified atom stereocenters. The van der Waals surface area contributed by atoms with Gasteiger partial charge in [0.2, 0.25) is 5.91 Å². The van der Waals surface area contributed by atoms with Crippen LogP contribution in [-0.2, 0) is 9.59 Å².